The van der Waals surface area contributed by atoms with Crippen LogP contribution >= 0.6 is 0 Å². The van der Waals surface area contributed by atoms with E-state index in [0.29, 0.717) is 5.56 Å². The summed E-state index contributed by atoms with van der Waals surface area (Å²) in [7, 11) is 3.30. The van der Waals surface area contributed by atoms with Gasteiger partial charge in [0.05, 0.1) is 12.7 Å². The summed E-state index contributed by atoms with van der Waals surface area (Å²) in [6, 6.07) is 3.35. The summed E-state index contributed by atoms with van der Waals surface area (Å²) in [6.07, 6.45) is 4.40. The molecule has 1 aromatic rings. The highest BCUT2D eigenvalue weighted by Gasteiger charge is 2.08. The van der Waals surface area contributed by atoms with Crippen molar-refractivity contribution in [2.45, 2.75) is 19.3 Å². The predicted molar refractivity (Wildman–Crippen MR) is 69.8 cm³/mol. The number of carbonyl (C=O) groups is 1. The maximum atomic E-state index is 11.4. The highest BCUT2D eigenvalue weighted by Crippen LogP contribution is 2.12. The standard InChI is InChI=1S/C13H20N2O3/c1-15(8-4-3-5-9-16)12-10-11(6-7-14-12)13(17)18-2/h6-7,10,16H,3-5,8-9H2,1-2H3. The van der Waals surface area contributed by atoms with Crippen LogP contribution in [0.1, 0.15) is 29.6 Å². The molecule has 5 heteroatoms. The van der Waals surface area contributed by atoms with Crippen molar-refractivity contribution in [3.63, 3.8) is 0 Å². The maximum absolute atomic E-state index is 11.4. The molecule has 1 aromatic heterocycles. The Morgan fingerprint density at radius 3 is 2.89 bits per heavy atom. The van der Waals surface area contributed by atoms with Crippen LogP contribution in [0, 0.1) is 0 Å². The summed E-state index contributed by atoms with van der Waals surface area (Å²) in [5.41, 5.74) is 0.504. The molecule has 0 aromatic carbocycles. The van der Waals surface area contributed by atoms with Crippen LogP contribution in [0.5, 0.6) is 0 Å². The third-order valence-corrected chi connectivity index (χ3v) is 2.71. The molecule has 5 nitrogen and oxygen atoms in total. The van der Waals surface area contributed by atoms with Gasteiger partial charge in [0, 0.05) is 26.4 Å². The number of carbonyl (C=O) groups excluding carboxylic acids is 1. The molecule has 1 rings (SSSR count). The fourth-order valence-electron chi connectivity index (χ4n) is 1.62. The second-order valence-electron chi connectivity index (χ2n) is 4.10. The molecular formula is C13H20N2O3. The zero-order valence-corrected chi connectivity index (χ0v) is 10.9. The molecule has 0 saturated heterocycles. The summed E-state index contributed by atoms with van der Waals surface area (Å²) in [5, 5.41) is 8.70. The first-order chi connectivity index (χ1) is 8.69. The number of aliphatic hydroxyl groups excluding tert-OH is 1. The molecule has 0 bridgehead atoms. The van der Waals surface area contributed by atoms with E-state index in [2.05, 4.69) is 9.72 Å². The highest BCUT2D eigenvalue weighted by molar-refractivity contribution is 5.90. The molecule has 0 aliphatic heterocycles. The SMILES string of the molecule is COC(=O)c1ccnc(N(C)CCCCCO)c1. The van der Waals surface area contributed by atoms with Gasteiger partial charge in [0.25, 0.3) is 0 Å². The van der Waals surface area contributed by atoms with Gasteiger partial charge in [-0.2, -0.15) is 0 Å². The third kappa shape index (κ3) is 4.33. The van der Waals surface area contributed by atoms with E-state index in [-0.39, 0.29) is 12.6 Å². The molecule has 18 heavy (non-hydrogen) atoms. The van der Waals surface area contributed by atoms with Gasteiger partial charge in [-0.25, -0.2) is 9.78 Å². The Bertz CT molecular complexity index is 382. The van der Waals surface area contributed by atoms with Gasteiger partial charge < -0.3 is 14.7 Å². The van der Waals surface area contributed by atoms with Gasteiger partial charge in [-0.3, -0.25) is 0 Å². The van der Waals surface area contributed by atoms with Crippen LogP contribution in [0.4, 0.5) is 5.82 Å². The van der Waals surface area contributed by atoms with Crippen molar-refractivity contribution in [2.75, 3.05) is 32.2 Å². The van der Waals surface area contributed by atoms with Crippen LogP contribution in [-0.2, 0) is 4.74 Å². The monoisotopic (exact) mass is 252 g/mol. The van der Waals surface area contributed by atoms with Gasteiger partial charge in [0.1, 0.15) is 5.82 Å². The van der Waals surface area contributed by atoms with Gasteiger partial charge >= 0.3 is 5.97 Å². The van der Waals surface area contributed by atoms with Crippen molar-refractivity contribution in [3.05, 3.63) is 23.9 Å². The molecule has 0 aliphatic carbocycles. The zero-order chi connectivity index (χ0) is 13.4. The van der Waals surface area contributed by atoms with Crippen LogP contribution in [0.2, 0.25) is 0 Å². The Morgan fingerprint density at radius 1 is 1.44 bits per heavy atom. The lowest BCUT2D eigenvalue weighted by Crippen LogP contribution is -2.20. The largest absolute Gasteiger partial charge is 0.465 e. The number of unbranched alkanes of at least 4 members (excludes halogenated alkanes) is 2. The number of pyridine rings is 1. The number of rotatable bonds is 7. The summed E-state index contributed by atoms with van der Waals surface area (Å²) in [4.78, 5) is 17.6. The minimum Gasteiger partial charge on any atom is -0.465 e. The molecule has 0 saturated carbocycles. The zero-order valence-electron chi connectivity index (χ0n) is 10.9. The smallest absolute Gasteiger partial charge is 0.338 e. The number of aromatic nitrogens is 1. The van der Waals surface area contributed by atoms with E-state index in [1.807, 2.05) is 11.9 Å². The van der Waals surface area contributed by atoms with Gasteiger partial charge in [0.2, 0.25) is 0 Å². The minimum atomic E-state index is -0.354. The van der Waals surface area contributed by atoms with Crippen molar-refractivity contribution in [2.24, 2.45) is 0 Å². The molecule has 0 atom stereocenters. The quantitative estimate of drug-likeness (QED) is 0.588. The summed E-state index contributed by atoms with van der Waals surface area (Å²) < 4.78 is 4.67. The summed E-state index contributed by atoms with van der Waals surface area (Å²) in [5.74, 6) is 0.397. The van der Waals surface area contributed by atoms with E-state index >= 15 is 0 Å². The molecular weight excluding hydrogens is 232 g/mol. The van der Waals surface area contributed by atoms with Gasteiger partial charge in [0.15, 0.2) is 0 Å². The van der Waals surface area contributed by atoms with Gasteiger partial charge in [-0.1, -0.05) is 0 Å². The number of anilines is 1. The number of methoxy groups -OCH3 is 1. The predicted octanol–water partition coefficient (Wildman–Crippen LogP) is 1.47. The van der Waals surface area contributed by atoms with Crippen LogP contribution < -0.4 is 4.90 Å². The summed E-state index contributed by atoms with van der Waals surface area (Å²) >= 11 is 0. The van der Waals surface area contributed by atoms with E-state index in [1.54, 1.807) is 18.3 Å². The number of ether oxygens (including phenoxy) is 1. The first kappa shape index (κ1) is 14.4. The van der Waals surface area contributed by atoms with E-state index in [0.717, 1.165) is 31.6 Å². The Morgan fingerprint density at radius 2 is 2.22 bits per heavy atom. The van der Waals surface area contributed by atoms with Gasteiger partial charge in [-0.05, 0) is 31.4 Å². The first-order valence-electron chi connectivity index (χ1n) is 6.05. The molecule has 1 N–H and O–H groups in total. The lowest BCUT2D eigenvalue weighted by molar-refractivity contribution is 0.0600. The lowest BCUT2D eigenvalue weighted by atomic mass is 10.2. The van der Waals surface area contributed by atoms with Gasteiger partial charge in [-0.15, -0.1) is 0 Å². The first-order valence-corrected chi connectivity index (χ1v) is 6.05. The second kappa shape index (κ2) is 7.66. The highest BCUT2D eigenvalue weighted by atomic mass is 16.5. The van der Waals surface area contributed by atoms with E-state index in [1.165, 1.54) is 7.11 Å². The Balaban J connectivity index is 2.57. The molecule has 0 unspecified atom stereocenters. The molecule has 1 heterocycles. The van der Waals surface area contributed by atoms with Crippen LogP contribution in [-0.4, -0.2) is 43.4 Å². The lowest BCUT2D eigenvalue weighted by Gasteiger charge is -2.18. The molecule has 100 valence electrons. The van der Waals surface area contributed by atoms with E-state index in [4.69, 9.17) is 5.11 Å². The van der Waals surface area contributed by atoms with Crippen molar-refractivity contribution in [1.82, 2.24) is 4.98 Å². The normalized spacial score (nSPS) is 10.2. The van der Waals surface area contributed by atoms with E-state index in [9.17, 15) is 4.79 Å². The van der Waals surface area contributed by atoms with Crippen molar-refractivity contribution >= 4 is 11.8 Å². The molecule has 0 radical (unpaired) electrons. The number of hydrogen-bond acceptors (Lipinski definition) is 5. The number of esters is 1. The number of hydrogen-bond donors (Lipinski definition) is 1. The molecule has 0 aliphatic rings. The third-order valence-electron chi connectivity index (χ3n) is 2.71. The molecule has 0 spiro atoms. The maximum Gasteiger partial charge on any atom is 0.338 e. The average molecular weight is 252 g/mol. The summed E-state index contributed by atoms with van der Waals surface area (Å²) in [6.45, 7) is 1.08. The van der Waals surface area contributed by atoms with Crippen LogP contribution in [0.3, 0.4) is 0 Å². The average Bonchev–Trinajstić information content (AvgIpc) is 2.42. The van der Waals surface area contributed by atoms with Crippen molar-refractivity contribution in [3.8, 4) is 0 Å². The van der Waals surface area contributed by atoms with Crippen molar-refractivity contribution in [1.29, 1.82) is 0 Å². The number of aliphatic hydroxyl groups is 1. The molecule has 0 fully saturated rings. The van der Waals surface area contributed by atoms with Crippen LogP contribution in [0.25, 0.3) is 0 Å². The fourth-order valence-corrected chi connectivity index (χ4v) is 1.62. The minimum absolute atomic E-state index is 0.236. The topological polar surface area (TPSA) is 62.7 Å². The Kier molecular flexibility index (Phi) is 6.14. The van der Waals surface area contributed by atoms with E-state index < -0.39 is 0 Å². The Labute approximate surface area is 107 Å². The molecule has 0 amide bonds. The second-order valence-corrected chi connectivity index (χ2v) is 4.10. The Hall–Kier alpha value is -1.62. The van der Waals surface area contributed by atoms with Crippen LogP contribution in [0.15, 0.2) is 18.3 Å². The number of nitrogens with zero attached hydrogens (tertiary/aromatic N) is 2. The fraction of sp³-hybridized carbons (Fsp3) is 0.538. The van der Waals surface area contributed by atoms with Crippen molar-refractivity contribution < 1.29 is 14.6 Å².